The van der Waals surface area contributed by atoms with Crippen LogP contribution in [0.2, 0.25) is 0 Å². The molecular formula is C13H16N2O6. The van der Waals surface area contributed by atoms with Crippen molar-refractivity contribution in [1.82, 2.24) is 5.32 Å². The molecule has 2 atom stereocenters. The Morgan fingerprint density at radius 2 is 1.71 bits per heavy atom. The van der Waals surface area contributed by atoms with Crippen LogP contribution in [0.1, 0.15) is 12.0 Å². The van der Waals surface area contributed by atoms with E-state index in [1.165, 1.54) is 12.1 Å². The first-order chi connectivity index (χ1) is 9.79. The van der Waals surface area contributed by atoms with E-state index in [-0.39, 0.29) is 12.2 Å². The molecule has 21 heavy (non-hydrogen) atoms. The third-order valence-electron chi connectivity index (χ3n) is 2.72. The fourth-order valence-corrected chi connectivity index (χ4v) is 1.63. The van der Waals surface area contributed by atoms with Crippen molar-refractivity contribution in [1.29, 1.82) is 0 Å². The summed E-state index contributed by atoms with van der Waals surface area (Å²) in [6, 6.07) is 3.48. The van der Waals surface area contributed by atoms with E-state index in [1.807, 2.05) is 0 Å². The van der Waals surface area contributed by atoms with Gasteiger partial charge in [-0.15, -0.1) is 0 Å². The van der Waals surface area contributed by atoms with E-state index in [1.54, 1.807) is 12.1 Å². The number of carboxylic acid groups (broad SMARTS) is 2. The van der Waals surface area contributed by atoms with Crippen molar-refractivity contribution in [2.24, 2.45) is 5.73 Å². The minimum atomic E-state index is -1.53. The molecule has 0 saturated heterocycles. The third kappa shape index (κ3) is 5.49. The fourth-order valence-electron chi connectivity index (χ4n) is 1.63. The van der Waals surface area contributed by atoms with Gasteiger partial charge in [0, 0.05) is 0 Å². The number of hydrogen-bond acceptors (Lipinski definition) is 5. The molecule has 0 saturated carbocycles. The first-order valence-electron chi connectivity index (χ1n) is 6.08. The Morgan fingerprint density at radius 3 is 2.19 bits per heavy atom. The summed E-state index contributed by atoms with van der Waals surface area (Å²) in [6.45, 7) is 0. The number of phenolic OH excluding ortho intramolecular Hbond substituents is 1. The molecule has 8 nitrogen and oxygen atoms in total. The van der Waals surface area contributed by atoms with Gasteiger partial charge >= 0.3 is 11.9 Å². The lowest BCUT2D eigenvalue weighted by molar-refractivity contribution is -0.147. The van der Waals surface area contributed by atoms with E-state index in [0.29, 0.717) is 5.56 Å². The lowest BCUT2D eigenvalue weighted by atomic mass is 10.1. The lowest BCUT2D eigenvalue weighted by Gasteiger charge is -2.16. The summed E-state index contributed by atoms with van der Waals surface area (Å²) < 4.78 is 0. The highest BCUT2D eigenvalue weighted by Gasteiger charge is 2.25. The van der Waals surface area contributed by atoms with Crippen LogP contribution in [0.25, 0.3) is 0 Å². The van der Waals surface area contributed by atoms with Gasteiger partial charge in [-0.2, -0.15) is 0 Å². The Balaban J connectivity index is 2.62. The van der Waals surface area contributed by atoms with Gasteiger partial charge in [-0.25, -0.2) is 4.79 Å². The van der Waals surface area contributed by atoms with Crippen LogP contribution < -0.4 is 11.1 Å². The van der Waals surface area contributed by atoms with Gasteiger partial charge in [0.25, 0.3) is 0 Å². The normalized spacial score (nSPS) is 13.2. The summed E-state index contributed by atoms with van der Waals surface area (Å²) in [5.41, 5.74) is 6.33. The second-order valence-electron chi connectivity index (χ2n) is 4.47. The van der Waals surface area contributed by atoms with E-state index < -0.39 is 36.4 Å². The number of aromatic hydroxyl groups is 1. The maximum absolute atomic E-state index is 11.8. The molecule has 1 aromatic carbocycles. The smallest absolute Gasteiger partial charge is 0.326 e. The number of rotatable bonds is 7. The molecule has 1 aromatic rings. The molecule has 1 amide bonds. The summed E-state index contributed by atoms with van der Waals surface area (Å²) in [6.07, 6.45) is -0.599. The van der Waals surface area contributed by atoms with Crippen LogP contribution in [0.3, 0.4) is 0 Å². The van der Waals surface area contributed by atoms with Crippen molar-refractivity contribution in [2.45, 2.75) is 24.9 Å². The lowest BCUT2D eigenvalue weighted by Crippen LogP contribution is -2.49. The Labute approximate surface area is 120 Å². The van der Waals surface area contributed by atoms with E-state index in [9.17, 15) is 14.4 Å². The van der Waals surface area contributed by atoms with Crippen molar-refractivity contribution in [3.8, 4) is 5.75 Å². The second kappa shape index (κ2) is 7.25. The van der Waals surface area contributed by atoms with E-state index in [0.717, 1.165) is 0 Å². The zero-order valence-corrected chi connectivity index (χ0v) is 11.0. The van der Waals surface area contributed by atoms with Crippen molar-refractivity contribution in [3.05, 3.63) is 29.8 Å². The van der Waals surface area contributed by atoms with Crippen LogP contribution in [-0.4, -0.2) is 45.2 Å². The predicted molar refractivity (Wildman–Crippen MR) is 71.6 cm³/mol. The van der Waals surface area contributed by atoms with Gasteiger partial charge in [-0.05, 0) is 24.1 Å². The zero-order valence-electron chi connectivity index (χ0n) is 11.0. The van der Waals surface area contributed by atoms with Crippen LogP contribution >= 0.6 is 0 Å². The first kappa shape index (κ1) is 16.4. The van der Waals surface area contributed by atoms with Crippen molar-refractivity contribution in [3.63, 3.8) is 0 Å². The molecule has 8 heteroatoms. The third-order valence-corrected chi connectivity index (χ3v) is 2.72. The fraction of sp³-hybridized carbons (Fsp3) is 0.308. The number of hydrogen-bond donors (Lipinski definition) is 5. The van der Waals surface area contributed by atoms with Crippen molar-refractivity contribution >= 4 is 17.8 Å². The molecule has 0 spiro atoms. The molecule has 114 valence electrons. The molecule has 0 aliphatic heterocycles. The molecule has 0 aliphatic carbocycles. The van der Waals surface area contributed by atoms with Gasteiger partial charge in [0.1, 0.15) is 11.8 Å². The van der Waals surface area contributed by atoms with Crippen LogP contribution in [-0.2, 0) is 20.8 Å². The maximum Gasteiger partial charge on any atom is 0.326 e. The number of carbonyl (C=O) groups excluding carboxylic acids is 1. The highest BCUT2D eigenvalue weighted by atomic mass is 16.4. The van der Waals surface area contributed by atoms with Gasteiger partial charge in [0.05, 0.1) is 12.5 Å². The highest BCUT2D eigenvalue weighted by molar-refractivity contribution is 5.89. The summed E-state index contributed by atoms with van der Waals surface area (Å²) in [4.78, 5) is 33.1. The molecule has 0 aromatic heterocycles. The first-order valence-corrected chi connectivity index (χ1v) is 6.08. The SMILES string of the molecule is NC(Cc1ccc(O)cc1)C(=O)NC(CC(=O)O)C(=O)O. The predicted octanol–water partition coefficient (Wildman–Crippen LogP) is -0.694. The van der Waals surface area contributed by atoms with Crippen LogP contribution in [0.4, 0.5) is 0 Å². The minimum Gasteiger partial charge on any atom is -0.508 e. The maximum atomic E-state index is 11.8. The van der Waals surface area contributed by atoms with E-state index in [4.69, 9.17) is 21.1 Å². The molecular weight excluding hydrogens is 280 g/mol. The Kier molecular flexibility index (Phi) is 5.67. The number of carbonyl (C=O) groups is 3. The number of nitrogens with one attached hydrogen (secondary N) is 1. The number of phenols is 1. The summed E-state index contributed by atoms with van der Waals surface area (Å²) >= 11 is 0. The quantitative estimate of drug-likeness (QED) is 0.446. The van der Waals surface area contributed by atoms with E-state index in [2.05, 4.69) is 5.32 Å². The number of amides is 1. The monoisotopic (exact) mass is 296 g/mol. The van der Waals surface area contributed by atoms with Crippen molar-refractivity contribution in [2.75, 3.05) is 0 Å². The number of carboxylic acids is 2. The molecule has 0 fully saturated rings. The average molecular weight is 296 g/mol. The molecule has 0 aliphatic rings. The van der Waals surface area contributed by atoms with Gasteiger partial charge in [0.15, 0.2) is 0 Å². The molecule has 0 radical (unpaired) electrons. The number of nitrogens with two attached hydrogens (primary N) is 1. The Hall–Kier alpha value is -2.61. The summed E-state index contributed by atoms with van der Waals surface area (Å²) in [7, 11) is 0. The number of aliphatic carboxylic acids is 2. The van der Waals surface area contributed by atoms with Crippen molar-refractivity contribution < 1.29 is 29.7 Å². The van der Waals surface area contributed by atoms with Crippen LogP contribution in [0.15, 0.2) is 24.3 Å². The van der Waals surface area contributed by atoms with Gasteiger partial charge in [0.2, 0.25) is 5.91 Å². The summed E-state index contributed by atoms with van der Waals surface area (Å²) in [5.74, 6) is -3.46. The van der Waals surface area contributed by atoms with E-state index >= 15 is 0 Å². The van der Waals surface area contributed by atoms with Gasteiger partial charge in [-0.1, -0.05) is 12.1 Å². The van der Waals surface area contributed by atoms with Gasteiger partial charge in [-0.3, -0.25) is 9.59 Å². The zero-order chi connectivity index (χ0) is 16.0. The molecule has 0 bridgehead atoms. The molecule has 6 N–H and O–H groups in total. The Bertz CT molecular complexity index is 528. The summed E-state index contributed by atoms with van der Waals surface area (Å²) in [5, 5.41) is 28.6. The van der Waals surface area contributed by atoms with Crippen LogP contribution in [0, 0.1) is 0 Å². The van der Waals surface area contributed by atoms with Gasteiger partial charge < -0.3 is 26.4 Å². The standard InChI is InChI=1S/C13H16N2O6/c14-9(5-7-1-3-8(16)4-2-7)12(19)15-10(13(20)21)6-11(17)18/h1-4,9-10,16H,5-6,14H2,(H,15,19)(H,17,18)(H,20,21). The molecule has 0 heterocycles. The topological polar surface area (TPSA) is 150 Å². The average Bonchev–Trinajstić information content (AvgIpc) is 2.39. The second-order valence-corrected chi connectivity index (χ2v) is 4.47. The number of benzene rings is 1. The largest absolute Gasteiger partial charge is 0.508 e. The highest BCUT2D eigenvalue weighted by Crippen LogP contribution is 2.11. The Morgan fingerprint density at radius 1 is 1.14 bits per heavy atom. The van der Waals surface area contributed by atoms with Crippen LogP contribution in [0.5, 0.6) is 5.75 Å². The molecule has 2 unspecified atom stereocenters. The molecule has 1 rings (SSSR count). The minimum absolute atomic E-state index is 0.0733.